The molecule has 4 aromatic carbocycles. The second-order valence-electron chi connectivity index (χ2n) is 8.23. The van der Waals surface area contributed by atoms with Gasteiger partial charge in [0.1, 0.15) is 5.82 Å². The Kier molecular flexibility index (Phi) is 4.62. The molecule has 2 aromatic heterocycles. The average Bonchev–Trinajstić information content (AvgIpc) is 3.45. The second-order valence-corrected chi connectivity index (χ2v) is 8.23. The number of imidazole rings is 1. The van der Waals surface area contributed by atoms with Crippen LogP contribution in [0.3, 0.4) is 0 Å². The molecule has 0 unspecified atom stereocenters. The van der Waals surface area contributed by atoms with E-state index in [0.717, 1.165) is 55.8 Å². The first-order chi connectivity index (χ1) is 16.2. The van der Waals surface area contributed by atoms with E-state index < -0.39 is 0 Å². The number of hydrogen-bond donors (Lipinski definition) is 2. The lowest BCUT2D eigenvalue weighted by atomic mass is 10.0. The van der Waals surface area contributed by atoms with E-state index >= 15 is 0 Å². The van der Waals surface area contributed by atoms with E-state index in [2.05, 4.69) is 82.5 Å². The number of aryl methyl sites for hydroxylation is 1. The van der Waals surface area contributed by atoms with Gasteiger partial charge in [-0.25, -0.2) is 4.98 Å². The van der Waals surface area contributed by atoms with Crippen molar-refractivity contribution in [2.75, 3.05) is 0 Å². The molecule has 0 spiro atoms. The van der Waals surface area contributed by atoms with Crippen LogP contribution in [0.1, 0.15) is 11.1 Å². The minimum Gasteiger partial charge on any atom is -0.354 e. The quantitative estimate of drug-likeness (QED) is 0.283. The average molecular weight is 427 g/mol. The number of aromatic amines is 2. The lowest BCUT2D eigenvalue weighted by Crippen LogP contribution is -1.86. The lowest BCUT2D eigenvalue weighted by Gasteiger charge is -2.02. The molecule has 0 saturated heterocycles. The molecule has 0 bridgehead atoms. The Bertz CT molecular complexity index is 1570. The molecule has 0 amide bonds. The van der Waals surface area contributed by atoms with E-state index in [1.807, 2.05) is 42.6 Å². The number of hydrogen-bond acceptors (Lipinski definition) is 2. The first-order valence-corrected chi connectivity index (χ1v) is 11.0. The van der Waals surface area contributed by atoms with E-state index in [1.165, 1.54) is 5.56 Å². The van der Waals surface area contributed by atoms with E-state index in [1.54, 1.807) is 0 Å². The molecule has 2 N–H and O–H groups in total. The molecule has 2 heterocycles. The van der Waals surface area contributed by atoms with Gasteiger partial charge in [-0.15, -0.1) is 0 Å². The van der Waals surface area contributed by atoms with Crippen LogP contribution in [0.15, 0.2) is 102 Å². The van der Waals surface area contributed by atoms with Gasteiger partial charge in [-0.1, -0.05) is 60.2 Å². The largest absolute Gasteiger partial charge is 0.354 e. The minimum atomic E-state index is 0.866. The number of H-pyrrole nitrogens is 2. The summed E-state index contributed by atoms with van der Waals surface area (Å²) in [5, 5.41) is 1.16. The number of rotatable bonds is 4. The molecular weight excluding hydrogens is 404 g/mol. The third-order valence-corrected chi connectivity index (χ3v) is 5.96. The monoisotopic (exact) mass is 426 g/mol. The normalized spacial score (nSPS) is 11.7. The molecule has 4 nitrogen and oxygen atoms in total. The topological polar surface area (TPSA) is 56.8 Å². The van der Waals surface area contributed by atoms with E-state index in [0.29, 0.717) is 0 Å². The molecule has 0 radical (unpaired) electrons. The summed E-state index contributed by atoms with van der Waals surface area (Å²) in [6.07, 6.45) is 1.96. The Labute approximate surface area is 191 Å². The molecule has 0 aliphatic rings. The van der Waals surface area contributed by atoms with E-state index in [4.69, 9.17) is 4.99 Å². The van der Waals surface area contributed by atoms with Gasteiger partial charge in [0.15, 0.2) is 0 Å². The second kappa shape index (κ2) is 7.92. The molecule has 4 heteroatoms. The van der Waals surface area contributed by atoms with Gasteiger partial charge in [0, 0.05) is 28.2 Å². The first kappa shape index (κ1) is 19.3. The molecule has 6 aromatic rings. The number of aliphatic imine (C=N–C) groups is 1. The molecule has 33 heavy (non-hydrogen) atoms. The van der Waals surface area contributed by atoms with Crippen LogP contribution in [-0.2, 0) is 0 Å². The van der Waals surface area contributed by atoms with Gasteiger partial charge in [-0.3, -0.25) is 4.99 Å². The summed E-state index contributed by atoms with van der Waals surface area (Å²) in [6, 6.07) is 33.2. The van der Waals surface area contributed by atoms with Gasteiger partial charge in [-0.05, 0) is 55.0 Å². The predicted molar refractivity (Wildman–Crippen MR) is 137 cm³/mol. The Balaban J connectivity index is 1.35. The number of fused-ring (bicyclic) bond motifs is 2. The van der Waals surface area contributed by atoms with E-state index in [9.17, 15) is 0 Å². The molecule has 158 valence electrons. The van der Waals surface area contributed by atoms with Gasteiger partial charge < -0.3 is 9.97 Å². The highest BCUT2D eigenvalue weighted by atomic mass is 14.9. The summed E-state index contributed by atoms with van der Waals surface area (Å²) >= 11 is 0. The molecular formula is C29H22N4. The summed E-state index contributed by atoms with van der Waals surface area (Å²) in [5.41, 5.74) is 9.63. The Morgan fingerprint density at radius 3 is 2.18 bits per heavy atom. The number of nitrogens with one attached hydrogen (secondary N) is 2. The SMILES string of the molecule is Cc1ccc(-c2[nH]c3ccccc3c2C=Nc2ccc(-c3nc4ccccc4[nH]3)cc2)cc1. The van der Waals surface area contributed by atoms with Gasteiger partial charge in [-0.2, -0.15) is 0 Å². The van der Waals surface area contributed by atoms with Gasteiger partial charge in [0.25, 0.3) is 0 Å². The third kappa shape index (κ3) is 3.62. The predicted octanol–water partition coefficient (Wildman–Crippen LogP) is 7.44. The number of para-hydroxylation sites is 3. The highest BCUT2D eigenvalue weighted by Gasteiger charge is 2.11. The van der Waals surface area contributed by atoms with Crippen molar-refractivity contribution in [3.63, 3.8) is 0 Å². The van der Waals surface area contributed by atoms with Crippen LogP contribution in [0, 0.1) is 6.92 Å². The first-order valence-electron chi connectivity index (χ1n) is 11.0. The fraction of sp³-hybridized carbons (Fsp3) is 0.0345. The Morgan fingerprint density at radius 1 is 0.697 bits per heavy atom. The Morgan fingerprint density at radius 2 is 1.39 bits per heavy atom. The summed E-state index contributed by atoms with van der Waals surface area (Å²) < 4.78 is 0. The van der Waals surface area contributed by atoms with Crippen molar-refractivity contribution in [3.05, 3.63) is 108 Å². The maximum Gasteiger partial charge on any atom is 0.138 e. The van der Waals surface area contributed by atoms with Crippen LogP contribution in [0.5, 0.6) is 0 Å². The molecule has 0 aliphatic carbocycles. The van der Waals surface area contributed by atoms with Crippen molar-refractivity contribution in [2.24, 2.45) is 4.99 Å². The summed E-state index contributed by atoms with van der Waals surface area (Å²) in [7, 11) is 0. The van der Waals surface area contributed by atoms with Crippen molar-refractivity contribution in [1.82, 2.24) is 15.0 Å². The maximum atomic E-state index is 4.80. The van der Waals surface area contributed by atoms with E-state index in [-0.39, 0.29) is 0 Å². The zero-order valence-corrected chi connectivity index (χ0v) is 18.2. The third-order valence-electron chi connectivity index (χ3n) is 5.96. The van der Waals surface area contributed by atoms with Crippen LogP contribution >= 0.6 is 0 Å². The van der Waals surface area contributed by atoms with Crippen LogP contribution < -0.4 is 0 Å². The number of nitrogens with zero attached hydrogens (tertiary/aromatic N) is 2. The van der Waals surface area contributed by atoms with Gasteiger partial charge in [0.2, 0.25) is 0 Å². The lowest BCUT2D eigenvalue weighted by molar-refractivity contribution is 1.33. The van der Waals surface area contributed by atoms with Gasteiger partial charge >= 0.3 is 0 Å². The highest BCUT2D eigenvalue weighted by molar-refractivity contribution is 6.06. The van der Waals surface area contributed by atoms with Crippen LogP contribution in [0.25, 0.3) is 44.6 Å². The molecule has 6 rings (SSSR count). The van der Waals surface area contributed by atoms with Crippen LogP contribution in [-0.4, -0.2) is 21.2 Å². The fourth-order valence-corrected chi connectivity index (χ4v) is 4.18. The summed E-state index contributed by atoms with van der Waals surface area (Å²) in [6.45, 7) is 2.10. The zero-order valence-electron chi connectivity index (χ0n) is 18.2. The smallest absolute Gasteiger partial charge is 0.138 e. The fourth-order valence-electron chi connectivity index (χ4n) is 4.18. The van der Waals surface area contributed by atoms with Crippen molar-refractivity contribution in [3.8, 4) is 22.6 Å². The molecule has 0 fully saturated rings. The zero-order chi connectivity index (χ0) is 22.2. The minimum absolute atomic E-state index is 0.866. The van der Waals surface area contributed by atoms with Crippen LogP contribution in [0.4, 0.5) is 5.69 Å². The molecule has 0 atom stereocenters. The van der Waals surface area contributed by atoms with Crippen molar-refractivity contribution in [1.29, 1.82) is 0 Å². The molecule has 0 aliphatic heterocycles. The van der Waals surface area contributed by atoms with Crippen molar-refractivity contribution in [2.45, 2.75) is 6.92 Å². The maximum absolute atomic E-state index is 4.80. The highest BCUT2D eigenvalue weighted by Crippen LogP contribution is 2.30. The van der Waals surface area contributed by atoms with Crippen LogP contribution in [0.2, 0.25) is 0 Å². The van der Waals surface area contributed by atoms with Crippen molar-refractivity contribution < 1.29 is 0 Å². The standard InChI is InChI=1S/C29H22N4/c1-19-10-12-20(13-11-19)28-24(23-6-2-3-7-25(23)31-28)18-30-22-16-14-21(15-17-22)29-32-26-8-4-5-9-27(26)33-29/h2-18,31H,1H3,(H,32,33). The Hall–Kier alpha value is -4.44. The number of aromatic nitrogens is 3. The van der Waals surface area contributed by atoms with Crippen molar-refractivity contribution >= 4 is 33.8 Å². The molecule has 0 saturated carbocycles. The summed E-state index contributed by atoms with van der Waals surface area (Å²) in [4.78, 5) is 16.4. The summed E-state index contributed by atoms with van der Waals surface area (Å²) in [5.74, 6) is 0.866. The number of benzene rings is 4. The van der Waals surface area contributed by atoms with Gasteiger partial charge in [0.05, 0.1) is 22.4 Å².